The van der Waals surface area contributed by atoms with Gasteiger partial charge in [0.15, 0.2) is 0 Å². The molecular weight excluding hydrogens is 518 g/mol. The zero-order valence-electron chi connectivity index (χ0n) is 20.2. The summed E-state index contributed by atoms with van der Waals surface area (Å²) < 4.78 is 57.6. The highest BCUT2D eigenvalue weighted by atomic mass is 32.1. The van der Waals surface area contributed by atoms with Gasteiger partial charge >= 0.3 is 6.18 Å². The van der Waals surface area contributed by atoms with Crippen LogP contribution in [0.3, 0.4) is 0 Å². The zero-order chi connectivity index (χ0) is 25.8. The number of nitrogens with zero attached hydrogens (tertiary/aromatic N) is 4. The second-order valence-corrected chi connectivity index (χ2v) is 11.9. The highest BCUT2D eigenvalue weighted by Gasteiger charge is 2.36. The van der Waals surface area contributed by atoms with E-state index in [9.17, 15) is 18.0 Å². The molecule has 4 rings (SSSR count). The molecule has 3 heterocycles. The lowest BCUT2D eigenvalue weighted by atomic mass is 9.81. The van der Waals surface area contributed by atoms with E-state index in [4.69, 9.17) is 4.74 Å². The summed E-state index contributed by atoms with van der Waals surface area (Å²) in [6.45, 7) is 3.57. The highest BCUT2D eigenvalue weighted by molar-refractivity contribution is 7.13. The van der Waals surface area contributed by atoms with Crippen molar-refractivity contribution in [3.63, 3.8) is 0 Å². The van der Waals surface area contributed by atoms with Crippen molar-refractivity contribution in [2.24, 2.45) is 0 Å². The van der Waals surface area contributed by atoms with Crippen molar-refractivity contribution in [2.45, 2.75) is 82.6 Å². The predicted octanol–water partition coefficient (Wildman–Crippen LogP) is 4.43. The Labute approximate surface area is 215 Å². The van der Waals surface area contributed by atoms with Crippen LogP contribution in [0.5, 0.6) is 5.19 Å². The van der Waals surface area contributed by atoms with Crippen LogP contribution in [0.25, 0.3) is 0 Å². The number of hydrogen-bond donors (Lipinski definition) is 1. The number of hydrogen-bond acceptors (Lipinski definition) is 8. The Morgan fingerprint density at radius 3 is 2.64 bits per heavy atom. The molecular formula is C23H31F4N5O2S2. The third-order valence-corrected chi connectivity index (χ3v) is 8.60. The molecule has 1 amide bonds. The van der Waals surface area contributed by atoms with Crippen molar-refractivity contribution < 1.29 is 27.1 Å². The van der Waals surface area contributed by atoms with Crippen LogP contribution in [0.4, 0.5) is 17.6 Å². The van der Waals surface area contributed by atoms with Gasteiger partial charge in [-0.2, -0.15) is 13.2 Å². The summed E-state index contributed by atoms with van der Waals surface area (Å²) in [4.78, 5) is 19.9. The van der Waals surface area contributed by atoms with Crippen LogP contribution in [0.1, 0.15) is 59.1 Å². The molecule has 0 radical (unpaired) electrons. The van der Waals surface area contributed by atoms with Crippen LogP contribution in [0.15, 0.2) is 0 Å². The highest BCUT2D eigenvalue weighted by Crippen LogP contribution is 2.36. The molecule has 200 valence electrons. The van der Waals surface area contributed by atoms with Crippen molar-refractivity contribution in [2.75, 3.05) is 26.2 Å². The number of amides is 1. The first-order valence-electron chi connectivity index (χ1n) is 12.2. The maximum absolute atomic E-state index is 15.5. The van der Waals surface area contributed by atoms with Gasteiger partial charge < -0.3 is 15.0 Å². The number of carbonyl (C=O) groups excluding carboxylic acids is 1. The van der Waals surface area contributed by atoms with Gasteiger partial charge in [-0.3, -0.25) is 4.79 Å². The number of nitrogens with one attached hydrogen (secondary N) is 1. The zero-order valence-corrected chi connectivity index (χ0v) is 21.8. The number of fused-ring (bicyclic) bond motifs is 1. The average Bonchev–Trinajstić information content (AvgIpc) is 3.34. The van der Waals surface area contributed by atoms with E-state index in [1.807, 2.05) is 6.92 Å². The molecule has 2 aliphatic rings. The van der Waals surface area contributed by atoms with E-state index in [0.717, 1.165) is 35.1 Å². The first-order valence-corrected chi connectivity index (χ1v) is 13.9. The maximum Gasteiger partial charge on any atom is 0.392 e. The minimum atomic E-state index is -4.24. The molecule has 1 aliphatic carbocycles. The minimum absolute atomic E-state index is 0.0109. The number of aryl methyl sites for hydroxylation is 1. The lowest BCUT2D eigenvalue weighted by Gasteiger charge is -2.35. The van der Waals surface area contributed by atoms with E-state index in [2.05, 4.69) is 25.4 Å². The fraction of sp³-hybridized carbons (Fsp3) is 0.739. The third-order valence-electron chi connectivity index (χ3n) is 6.69. The lowest BCUT2D eigenvalue weighted by molar-refractivity contribution is -0.139. The van der Waals surface area contributed by atoms with E-state index in [1.54, 1.807) is 0 Å². The van der Waals surface area contributed by atoms with E-state index >= 15 is 4.39 Å². The van der Waals surface area contributed by atoms with Crippen molar-refractivity contribution in [1.82, 2.24) is 25.4 Å². The van der Waals surface area contributed by atoms with Crippen LogP contribution in [-0.2, 0) is 24.1 Å². The van der Waals surface area contributed by atoms with Gasteiger partial charge in [-0.05, 0) is 45.4 Å². The van der Waals surface area contributed by atoms with Gasteiger partial charge in [-0.15, -0.1) is 21.5 Å². The molecule has 0 spiro atoms. The van der Waals surface area contributed by atoms with Crippen molar-refractivity contribution in [1.29, 1.82) is 0 Å². The topological polar surface area (TPSA) is 80.2 Å². The SMILES string of the molecule is Cc1nnc(CC(=O)N[C@H]2CC[C@](F)(CCN3CCc4nc(OCCC(F)(F)F)sc4CC3)CC2)s1. The maximum atomic E-state index is 15.5. The summed E-state index contributed by atoms with van der Waals surface area (Å²) in [6.07, 6.45) is -1.07. The Kier molecular flexibility index (Phi) is 8.82. The first kappa shape index (κ1) is 27.2. The first-order chi connectivity index (χ1) is 17.1. The van der Waals surface area contributed by atoms with Crippen molar-refractivity contribution in [3.05, 3.63) is 20.6 Å². The van der Waals surface area contributed by atoms with Gasteiger partial charge in [-0.25, -0.2) is 9.37 Å². The Balaban J connectivity index is 1.16. The molecule has 0 saturated heterocycles. The van der Waals surface area contributed by atoms with Crippen molar-refractivity contribution >= 4 is 28.6 Å². The fourth-order valence-electron chi connectivity index (χ4n) is 4.64. The van der Waals surface area contributed by atoms with Gasteiger partial charge in [0.25, 0.3) is 5.19 Å². The molecule has 7 nitrogen and oxygen atoms in total. The lowest BCUT2D eigenvalue weighted by Crippen LogP contribution is -2.43. The number of halogens is 4. The number of carbonyl (C=O) groups is 1. The quantitative estimate of drug-likeness (QED) is 0.466. The summed E-state index contributed by atoms with van der Waals surface area (Å²) in [5.41, 5.74) is -0.355. The molecule has 1 saturated carbocycles. The fourth-order valence-corrected chi connectivity index (χ4v) is 6.31. The second-order valence-electron chi connectivity index (χ2n) is 9.54. The van der Waals surface area contributed by atoms with Crippen LogP contribution in [0, 0.1) is 6.92 Å². The molecule has 2 aromatic heterocycles. The monoisotopic (exact) mass is 549 g/mol. The number of thiazole rings is 1. The summed E-state index contributed by atoms with van der Waals surface area (Å²) in [5, 5.41) is 12.7. The minimum Gasteiger partial charge on any atom is -0.470 e. The Hall–Kier alpha value is -1.86. The Morgan fingerprint density at radius 1 is 1.19 bits per heavy atom. The van der Waals surface area contributed by atoms with Gasteiger partial charge in [0.05, 0.1) is 25.1 Å². The normalized spacial score (nSPS) is 23.2. The summed E-state index contributed by atoms with van der Waals surface area (Å²) in [6, 6.07) is -0.0109. The van der Waals surface area contributed by atoms with E-state index in [0.29, 0.717) is 55.3 Å². The molecule has 1 fully saturated rings. The summed E-state index contributed by atoms with van der Waals surface area (Å²) >= 11 is 2.72. The number of ether oxygens (including phenoxy) is 1. The number of rotatable bonds is 9. The van der Waals surface area contributed by atoms with Crippen LogP contribution < -0.4 is 10.1 Å². The van der Waals surface area contributed by atoms with Crippen LogP contribution >= 0.6 is 22.7 Å². The Morgan fingerprint density at radius 2 is 1.94 bits per heavy atom. The van der Waals surface area contributed by atoms with Crippen LogP contribution in [0.2, 0.25) is 0 Å². The number of alkyl halides is 4. The number of aromatic nitrogens is 3. The molecule has 0 unspecified atom stereocenters. The summed E-state index contributed by atoms with van der Waals surface area (Å²) in [7, 11) is 0. The van der Waals surface area contributed by atoms with Gasteiger partial charge in [0.2, 0.25) is 5.91 Å². The molecule has 2 aromatic rings. The Bertz CT molecular complexity index is 995. The van der Waals surface area contributed by atoms with Crippen LogP contribution in [-0.4, -0.2) is 70.1 Å². The average molecular weight is 550 g/mol. The molecule has 1 N–H and O–H groups in total. The molecule has 13 heteroatoms. The van der Waals surface area contributed by atoms with Gasteiger partial charge in [-0.1, -0.05) is 11.3 Å². The smallest absolute Gasteiger partial charge is 0.392 e. The largest absolute Gasteiger partial charge is 0.470 e. The second kappa shape index (κ2) is 11.7. The molecule has 0 bridgehead atoms. The van der Waals surface area contributed by atoms with Gasteiger partial charge in [0.1, 0.15) is 15.7 Å². The molecule has 36 heavy (non-hydrogen) atoms. The predicted molar refractivity (Wildman–Crippen MR) is 129 cm³/mol. The third kappa shape index (κ3) is 8.07. The summed E-state index contributed by atoms with van der Waals surface area (Å²) in [5.74, 6) is -0.0953. The van der Waals surface area contributed by atoms with Crippen molar-refractivity contribution in [3.8, 4) is 5.19 Å². The van der Waals surface area contributed by atoms with E-state index in [1.165, 1.54) is 22.7 Å². The molecule has 1 aliphatic heterocycles. The molecule has 0 atom stereocenters. The van der Waals surface area contributed by atoms with E-state index < -0.39 is 24.9 Å². The van der Waals surface area contributed by atoms with E-state index in [-0.39, 0.29) is 18.4 Å². The molecule has 0 aromatic carbocycles. The standard InChI is InChI=1S/C23H31F4N5O2S2/c1-15-30-31-20(35-15)14-19(33)28-16-2-6-22(24,7-3-16)8-12-32-10-4-17-18(5-11-32)36-21(29-17)34-13-9-23(25,26)27/h16H,2-14H2,1H3,(H,28,33)/t16-,22+. The van der Waals surface area contributed by atoms with Gasteiger partial charge in [0, 0.05) is 37.0 Å².